The average molecular weight is 274 g/mol. The van der Waals surface area contributed by atoms with E-state index in [4.69, 9.17) is 5.73 Å². The van der Waals surface area contributed by atoms with Gasteiger partial charge in [0.2, 0.25) is 5.91 Å². The summed E-state index contributed by atoms with van der Waals surface area (Å²) in [5.41, 5.74) is 7.99. The average Bonchev–Trinajstić information content (AvgIpc) is 2.79. The van der Waals surface area contributed by atoms with Gasteiger partial charge in [0.15, 0.2) is 0 Å². The molecule has 3 nitrogen and oxygen atoms in total. The number of benzene rings is 1. The molecular weight excluding hydrogens is 248 g/mol. The lowest BCUT2D eigenvalue weighted by atomic mass is 10.0. The number of carbonyl (C=O) groups excluding carboxylic acids is 1. The van der Waals surface area contributed by atoms with Gasteiger partial charge in [-0.3, -0.25) is 4.79 Å². The predicted molar refractivity (Wildman–Crippen MR) is 81.9 cm³/mol. The van der Waals surface area contributed by atoms with Crippen LogP contribution in [0.4, 0.5) is 0 Å². The molecular formula is C17H26N2O. The Morgan fingerprint density at radius 3 is 2.10 bits per heavy atom. The van der Waals surface area contributed by atoms with E-state index >= 15 is 0 Å². The number of rotatable bonds is 4. The van der Waals surface area contributed by atoms with Crippen molar-refractivity contribution in [3.63, 3.8) is 0 Å². The molecule has 1 unspecified atom stereocenters. The molecule has 2 rings (SSSR count). The van der Waals surface area contributed by atoms with Crippen LogP contribution in [0, 0.1) is 16.7 Å². The number of hydrogen-bond donors (Lipinski definition) is 2. The second-order valence-electron chi connectivity index (χ2n) is 7.05. The number of hydrogen-bond acceptors (Lipinski definition) is 2. The van der Waals surface area contributed by atoms with Gasteiger partial charge in [-0.2, -0.15) is 0 Å². The van der Waals surface area contributed by atoms with Gasteiger partial charge in [-0.1, -0.05) is 52.0 Å². The third kappa shape index (κ3) is 2.35. The molecule has 3 heteroatoms. The van der Waals surface area contributed by atoms with Crippen molar-refractivity contribution in [3.05, 3.63) is 35.4 Å². The van der Waals surface area contributed by atoms with Crippen molar-refractivity contribution in [3.8, 4) is 0 Å². The van der Waals surface area contributed by atoms with Crippen LogP contribution in [0.25, 0.3) is 0 Å². The summed E-state index contributed by atoms with van der Waals surface area (Å²) in [5.74, 6) is 0.260. The van der Waals surface area contributed by atoms with E-state index in [2.05, 4.69) is 33.0 Å². The Hall–Kier alpha value is -1.35. The lowest BCUT2D eigenvalue weighted by molar-refractivity contribution is -0.124. The maximum Gasteiger partial charge on any atom is 0.224 e. The second kappa shape index (κ2) is 4.88. The molecule has 1 aliphatic rings. The van der Waals surface area contributed by atoms with Crippen LogP contribution in [-0.2, 0) is 11.3 Å². The standard InChI is InChI=1S/C17H26N2O/c1-11(13-8-6-12(10-18)7-9-13)19-15(20)14-16(2,3)17(14,4)5/h6-9,11,14H,10,18H2,1-5H3,(H,19,20). The van der Waals surface area contributed by atoms with Gasteiger partial charge in [-0.25, -0.2) is 0 Å². The number of carbonyl (C=O) groups is 1. The van der Waals surface area contributed by atoms with Gasteiger partial charge >= 0.3 is 0 Å². The topological polar surface area (TPSA) is 55.1 Å². The molecule has 1 aromatic carbocycles. The highest BCUT2D eigenvalue weighted by Gasteiger charge is 2.68. The van der Waals surface area contributed by atoms with Crippen LogP contribution in [0.1, 0.15) is 51.8 Å². The van der Waals surface area contributed by atoms with Crippen LogP contribution in [0.2, 0.25) is 0 Å². The highest BCUT2D eigenvalue weighted by Crippen LogP contribution is 2.68. The van der Waals surface area contributed by atoms with Crippen molar-refractivity contribution in [2.75, 3.05) is 0 Å². The Kier molecular flexibility index (Phi) is 3.67. The zero-order chi connectivity index (χ0) is 15.1. The molecule has 0 aromatic heterocycles. The van der Waals surface area contributed by atoms with Crippen molar-refractivity contribution in [2.24, 2.45) is 22.5 Å². The van der Waals surface area contributed by atoms with Gasteiger partial charge in [-0.15, -0.1) is 0 Å². The van der Waals surface area contributed by atoms with Gasteiger partial charge < -0.3 is 11.1 Å². The van der Waals surface area contributed by atoms with Crippen molar-refractivity contribution in [1.82, 2.24) is 5.32 Å². The van der Waals surface area contributed by atoms with Gasteiger partial charge in [0.1, 0.15) is 0 Å². The second-order valence-corrected chi connectivity index (χ2v) is 7.05. The smallest absolute Gasteiger partial charge is 0.224 e. The summed E-state index contributed by atoms with van der Waals surface area (Å²) in [6.45, 7) is 11.2. The van der Waals surface area contributed by atoms with E-state index in [0.29, 0.717) is 6.54 Å². The molecule has 20 heavy (non-hydrogen) atoms. The van der Waals surface area contributed by atoms with Crippen LogP contribution in [0.5, 0.6) is 0 Å². The summed E-state index contributed by atoms with van der Waals surface area (Å²) in [4.78, 5) is 12.4. The molecule has 1 aromatic rings. The Bertz CT molecular complexity index is 488. The molecule has 0 aliphatic heterocycles. The molecule has 1 amide bonds. The zero-order valence-corrected chi connectivity index (χ0v) is 13.2. The van der Waals surface area contributed by atoms with E-state index in [0.717, 1.165) is 11.1 Å². The molecule has 3 N–H and O–H groups in total. The summed E-state index contributed by atoms with van der Waals surface area (Å²) in [7, 11) is 0. The van der Waals surface area contributed by atoms with Crippen LogP contribution in [0.15, 0.2) is 24.3 Å². The third-order valence-electron chi connectivity index (χ3n) is 5.36. The first-order valence-electron chi connectivity index (χ1n) is 7.31. The van der Waals surface area contributed by atoms with Crippen LogP contribution in [0.3, 0.4) is 0 Å². The minimum Gasteiger partial charge on any atom is -0.349 e. The molecule has 0 radical (unpaired) electrons. The molecule has 1 saturated carbocycles. The first kappa shape index (κ1) is 15.0. The van der Waals surface area contributed by atoms with E-state index in [1.54, 1.807) is 0 Å². The quantitative estimate of drug-likeness (QED) is 0.886. The van der Waals surface area contributed by atoms with Gasteiger partial charge in [0.25, 0.3) is 0 Å². The number of nitrogens with two attached hydrogens (primary N) is 1. The van der Waals surface area contributed by atoms with E-state index in [-0.39, 0.29) is 28.7 Å². The Labute approximate surface area is 121 Å². The van der Waals surface area contributed by atoms with Crippen LogP contribution < -0.4 is 11.1 Å². The van der Waals surface area contributed by atoms with Crippen molar-refractivity contribution < 1.29 is 4.79 Å². The summed E-state index contributed by atoms with van der Waals surface area (Å²) in [6.07, 6.45) is 0. The molecule has 110 valence electrons. The van der Waals surface area contributed by atoms with E-state index in [1.165, 1.54) is 0 Å². The Morgan fingerprint density at radius 1 is 1.20 bits per heavy atom. The monoisotopic (exact) mass is 274 g/mol. The first-order chi connectivity index (χ1) is 9.21. The highest BCUT2D eigenvalue weighted by molar-refractivity contribution is 5.84. The Morgan fingerprint density at radius 2 is 1.70 bits per heavy atom. The maximum atomic E-state index is 12.4. The molecule has 0 spiro atoms. The van der Waals surface area contributed by atoms with E-state index < -0.39 is 0 Å². The Balaban J connectivity index is 2.01. The zero-order valence-electron chi connectivity index (χ0n) is 13.2. The maximum absolute atomic E-state index is 12.4. The summed E-state index contributed by atoms with van der Waals surface area (Å²) < 4.78 is 0. The normalized spacial score (nSPS) is 21.3. The SMILES string of the molecule is CC(NC(=O)C1C(C)(C)C1(C)C)c1ccc(CN)cc1. The lowest BCUT2D eigenvalue weighted by Crippen LogP contribution is -2.30. The number of nitrogens with one attached hydrogen (secondary N) is 1. The number of amides is 1. The van der Waals surface area contributed by atoms with E-state index in [1.807, 2.05) is 31.2 Å². The highest BCUT2D eigenvalue weighted by atomic mass is 16.2. The minimum absolute atomic E-state index is 0.0292. The fourth-order valence-corrected chi connectivity index (χ4v) is 3.17. The molecule has 0 heterocycles. The first-order valence-corrected chi connectivity index (χ1v) is 7.31. The van der Waals surface area contributed by atoms with Crippen LogP contribution in [-0.4, -0.2) is 5.91 Å². The summed E-state index contributed by atoms with van der Waals surface area (Å²) in [6, 6.07) is 8.14. The van der Waals surface area contributed by atoms with E-state index in [9.17, 15) is 4.79 Å². The summed E-state index contributed by atoms with van der Waals surface area (Å²) >= 11 is 0. The predicted octanol–water partition coefficient (Wildman–Crippen LogP) is 3.00. The van der Waals surface area contributed by atoms with Crippen molar-refractivity contribution in [1.29, 1.82) is 0 Å². The molecule has 0 bridgehead atoms. The lowest BCUT2D eigenvalue weighted by Gasteiger charge is -2.15. The molecule has 0 saturated heterocycles. The minimum atomic E-state index is 0.0292. The van der Waals surface area contributed by atoms with Gasteiger partial charge in [0.05, 0.1) is 6.04 Å². The van der Waals surface area contributed by atoms with Crippen molar-refractivity contribution in [2.45, 2.75) is 47.2 Å². The van der Waals surface area contributed by atoms with Crippen LogP contribution >= 0.6 is 0 Å². The fraction of sp³-hybridized carbons (Fsp3) is 0.588. The van der Waals surface area contributed by atoms with Gasteiger partial charge in [0, 0.05) is 12.5 Å². The molecule has 1 atom stereocenters. The third-order valence-corrected chi connectivity index (χ3v) is 5.36. The summed E-state index contributed by atoms with van der Waals surface area (Å²) in [5, 5.41) is 3.14. The molecule has 1 fully saturated rings. The van der Waals surface area contributed by atoms with Gasteiger partial charge in [-0.05, 0) is 28.9 Å². The molecule has 1 aliphatic carbocycles. The fourth-order valence-electron chi connectivity index (χ4n) is 3.17. The largest absolute Gasteiger partial charge is 0.349 e. The van der Waals surface area contributed by atoms with Crippen molar-refractivity contribution >= 4 is 5.91 Å².